The second-order valence-corrected chi connectivity index (χ2v) is 8.67. The van der Waals surface area contributed by atoms with Crippen LogP contribution in [0.3, 0.4) is 0 Å². The van der Waals surface area contributed by atoms with Gasteiger partial charge in [0.25, 0.3) is 0 Å². The summed E-state index contributed by atoms with van der Waals surface area (Å²) in [6.07, 6.45) is 4.29. The molecule has 0 radical (unpaired) electrons. The summed E-state index contributed by atoms with van der Waals surface area (Å²) in [7, 11) is 3.02. The number of pyridine rings is 1. The number of aromatic nitrogens is 5. The molecule has 36 heavy (non-hydrogen) atoms. The summed E-state index contributed by atoms with van der Waals surface area (Å²) < 4.78 is 17.9. The van der Waals surface area contributed by atoms with Crippen LogP contribution in [0.5, 0.6) is 11.5 Å². The minimum atomic E-state index is -0.278. The number of methoxy groups -OCH3 is 2. The normalized spacial score (nSPS) is 17.3. The number of amides is 1. The number of ether oxygens (including phenoxy) is 3. The van der Waals surface area contributed by atoms with Crippen molar-refractivity contribution < 1.29 is 19.0 Å². The third-order valence-corrected chi connectivity index (χ3v) is 6.59. The highest BCUT2D eigenvalue weighted by Gasteiger charge is 2.30. The smallest absolute Gasteiger partial charge is 0.243 e. The molecule has 5 rings (SSSR count). The number of carbonyl (C=O) groups is 1. The monoisotopic (exact) mass is 529 g/mol. The molecule has 1 amide bonds. The quantitative estimate of drug-likeness (QED) is 0.347. The molecule has 1 aliphatic heterocycles. The number of fused-ring (bicyclic) bond motifs is 3. The number of hydrogen-bond donors (Lipinski definition) is 2. The lowest BCUT2D eigenvalue weighted by molar-refractivity contribution is -0.117. The Morgan fingerprint density at radius 2 is 1.86 bits per heavy atom. The fourth-order valence-corrected chi connectivity index (χ4v) is 4.78. The van der Waals surface area contributed by atoms with Crippen molar-refractivity contribution in [3.8, 4) is 22.6 Å². The molecule has 1 saturated heterocycles. The van der Waals surface area contributed by atoms with Gasteiger partial charge in [0.1, 0.15) is 17.8 Å². The number of rotatable bonds is 7. The van der Waals surface area contributed by atoms with Gasteiger partial charge >= 0.3 is 0 Å². The molecule has 2 unspecified atom stereocenters. The van der Waals surface area contributed by atoms with Gasteiger partial charge in [-0.1, -0.05) is 29.8 Å². The first kappa shape index (κ1) is 24.0. The summed E-state index contributed by atoms with van der Waals surface area (Å²) >= 11 is 13.3. The lowest BCUT2D eigenvalue weighted by Gasteiger charge is -2.20. The molecule has 11 nitrogen and oxygen atoms in total. The van der Waals surface area contributed by atoms with Crippen molar-refractivity contribution in [1.82, 2.24) is 29.9 Å². The summed E-state index contributed by atoms with van der Waals surface area (Å²) in [5, 5.41) is 11.7. The van der Waals surface area contributed by atoms with Gasteiger partial charge in [-0.2, -0.15) is 14.6 Å². The second kappa shape index (κ2) is 9.76. The second-order valence-electron chi connectivity index (χ2n) is 7.92. The van der Waals surface area contributed by atoms with Gasteiger partial charge in [0.2, 0.25) is 11.9 Å². The Bertz CT molecular complexity index is 1460. The topological polar surface area (TPSA) is 125 Å². The lowest BCUT2D eigenvalue weighted by atomic mass is 10.0. The number of benzene rings is 1. The third-order valence-electron chi connectivity index (χ3n) is 5.84. The van der Waals surface area contributed by atoms with Crippen molar-refractivity contribution in [2.24, 2.45) is 0 Å². The molecule has 0 aliphatic carbocycles. The largest absolute Gasteiger partial charge is 0.495 e. The zero-order valence-corrected chi connectivity index (χ0v) is 20.8. The molecule has 1 aromatic carbocycles. The number of halogens is 2. The van der Waals surface area contributed by atoms with Crippen LogP contribution in [-0.2, 0) is 9.53 Å². The van der Waals surface area contributed by atoms with Gasteiger partial charge in [0, 0.05) is 28.8 Å². The van der Waals surface area contributed by atoms with Gasteiger partial charge in [0.05, 0.1) is 49.6 Å². The maximum absolute atomic E-state index is 11.7. The molecular formula is C23H21Cl2N7O4. The van der Waals surface area contributed by atoms with Crippen molar-refractivity contribution in [3.63, 3.8) is 0 Å². The Balaban J connectivity index is 1.59. The van der Waals surface area contributed by atoms with E-state index in [1.165, 1.54) is 26.6 Å². The lowest BCUT2D eigenvalue weighted by Crippen LogP contribution is -2.45. The van der Waals surface area contributed by atoms with Crippen LogP contribution in [-0.4, -0.2) is 70.0 Å². The van der Waals surface area contributed by atoms with Crippen LogP contribution in [0.4, 0.5) is 5.95 Å². The van der Waals surface area contributed by atoms with E-state index < -0.39 is 0 Å². The molecule has 0 saturated carbocycles. The van der Waals surface area contributed by atoms with Crippen LogP contribution >= 0.6 is 23.2 Å². The number of anilines is 1. The average Bonchev–Trinajstić information content (AvgIpc) is 3.54. The zero-order chi connectivity index (χ0) is 25.4. The maximum atomic E-state index is 11.7. The molecule has 1 aliphatic rings. The van der Waals surface area contributed by atoms with E-state index in [1.54, 1.807) is 16.8 Å². The molecule has 2 N–H and O–H groups in total. The van der Waals surface area contributed by atoms with Gasteiger partial charge in [-0.05, 0) is 12.1 Å². The van der Waals surface area contributed by atoms with E-state index in [9.17, 15) is 4.79 Å². The predicted molar refractivity (Wildman–Crippen MR) is 135 cm³/mol. The SMILES string of the molecule is C=CC(=O)NC1COCC1Nc1ncc2cc(-c3c(Cl)c(OC)cc(OC)c3Cl)c3ncnn3c2n1. The van der Waals surface area contributed by atoms with Crippen molar-refractivity contribution in [2.75, 3.05) is 32.8 Å². The fraction of sp³-hybridized carbons (Fsp3) is 0.261. The Hall–Kier alpha value is -3.67. The Morgan fingerprint density at radius 1 is 1.14 bits per heavy atom. The molecule has 2 atom stereocenters. The number of nitrogens with one attached hydrogen (secondary N) is 2. The van der Waals surface area contributed by atoms with E-state index in [-0.39, 0.29) is 18.0 Å². The Kier molecular flexibility index (Phi) is 6.52. The number of hydrogen-bond acceptors (Lipinski definition) is 9. The zero-order valence-electron chi connectivity index (χ0n) is 19.3. The fourth-order valence-electron chi connectivity index (χ4n) is 4.08. The van der Waals surface area contributed by atoms with Crippen molar-refractivity contribution in [3.05, 3.63) is 47.4 Å². The molecule has 0 spiro atoms. The Morgan fingerprint density at radius 3 is 2.56 bits per heavy atom. The van der Waals surface area contributed by atoms with E-state index >= 15 is 0 Å². The van der Waals surface area contributed by atoms with Crippen molar-refractivity contribution in [2.45, 2.75) is 12.1 Å². The number of carbonyl (C=O) groups excluding carboxylic acids is 1. The van der Waals surface area contributed by atoms with Gasteiger partial charge in [-0.25, -0.2) is 9.97 Å². The minimum Gasteiger partial charge on any atom is -0.495 e. The standard InChI is InChI=1S/C23H21Cl2N7O4/c1-4-17(33)29-13-8-36-9-14(13)30-23-26-7-11-5-12(22-27-10-28-32(22)21(11)31-23)18-19(24)15(34-2)6-16(35-3)20(18)25/h4-7,10,13-14H,1,8-9H2,2-3H3,(H,29,33)(H,26,30,31). The molecule has 4 heterocycles. The summed E-state index contributed by atoms with van der Waals surface area (Å²) in [5.41, 5.74) is 2.08. The molecule has 3 aromatic heterocycles. The van der Waals surface area contributed by atoms with Gasteiger partial charge in [-0.3, -0.25) is 4.79 Å². The third kappa shape index (κ3) is 4.15. The van der Waals surface area contributed by atoms with Crippen LogP contribution in [0.15, 0.2) is 37.3 Å². The van der Waals surface area contributed by atoms with Crippen LogP contribution in [0.1, 0.15) is 0 Å². The van der Waals surface area contributed by atoms with E-state index in [1.807, 2.05) is 6.07 Å². The van der Waals surface area contributed by atoms with Gasteiger partial charge < -0.3 is 24.8 Å². The van der Waals surface area contributed by atoms with Gasteiger partial charge in [-0.15, -0.1) is 0 Å². The highest BCUT2D eigenvalue weighted by molar-refractivity contribution is 6.41. The molecule has 186 valence electrons. The van der Waals surface area contributed by atoms with Crippen LogP contribution in [0, 0.1) is 0 Å². The number of nitrogens with zero attached hydrogens (tertiary/aromatic N) is 5. The van der Waals surface area contributed by atoms with Crippen molar-refractivity contribution in [1.29, 1.82) is 0 Å². The first-order valence-corrected chi connectivity index (χ1v) is 11.6. The van der Waals surface area contributed by atoms with Crippen LogP contribution in [0.2, 0.25) is 10.0 Å². The highest BCUT2D eigenvalue weighted by Crippen LogP contribution is 2.47. The van der Waals surface area contributed by atoms with Crippen LogP contribution in [0.25, 0.3) is 27.8 Å². The molecule has 4 aromatic rings. The molecule has 1 fully saturated rings. The first-order valence-electron chi connectivity index (χ1n) is 10.8. The van der Waals surface area contributed by atoms with E-state index in [0.29, 0.717) is 68.5 Å². The Labute approximate surface area is 215 Å². The predicted octanol–water partition coefficient (Wildman–Crippen LogP) is 3.15. The maximum Gasteiger partial charge on any atom is 0.243 e. The molecule has 13 heteroatoms. The summed E-state index contributed by atoms with van der Waals surface area (Å²) in [6.45, 7) is 4.24. The first-order chi connectivity index (χ1) is 17.4. The van der Waals surface area contributed by atoms with E-state index in [4.69, 9.17) is 37.4 Å². The molecular weight excluding hydrogens is 509 g/mol. The minimum absolute atomic E-state index is 0.223. The summed E-state index contributed by atoms with van der Waals surface area (Å²) in [4.78, 5) is 25.3. The van der Waals surface area contributed by atoms with E-state index in [0.717, 1.165) is 0 Å². The van der Waals surface area contributed by atoms with E-state index in [2.05, 4.69) is 37.3 Å². The summed E-state index contributed by atoms with van der Waals surface area (Å²) in [6, 6.07) is 2.98. The van der Waals surface area contributed by atoms with Crippen molar-refractivity contribution >= 4 is 51.7 Å². The average molecular weight is 530 g/mol. The highest BCUT2D eigenvalue weighted by atomic mass is 35.5. The summed E-state index contributed by atoms with van der Waals surface area (Å²) in [5.74, 6) is 0.872. The van der Waals surface area contributed by atoms with Crippen LogP contribution < -0.4 is 20.1 Å². The molecule has 0 bridgehead atoms. The van der Waals surface area contributed by atoms with Gasteiger partial charge in [0.15, 0.2) is 11.3 Å².